The number of benzene rings is 1. The molecule has 2 aromatic rings. The molecule has 0 radical (unpaired) electrons. The summed E-state index contributed by atoms with van der Waals surface area (Å²) in [7, 11) is 0. The van der Waals surface area contributed by atoms with E-state index < -0.39 is 18.5 Å². The smallest absolute Gasteiger partial charge is 0.341 e. The molecule has 1 saturated carbocycles. The molecule has 6 nitrogen and oxygen atoms in total. The van der Waals surface area contributed by atoms with Gasteiger partial charge in [0.05, 0.1) is 5.56 Å². The Morgan fingerprint density at radius 2 is 2.00 bits per heavy atom. The zero-order valence-corrected chi connectivity index (χ0v) is 17.2. The number of esters is 1. The minimum Gasteiger partial charge on any atom is -0.452 e. The number of amides is 2. The lowest BCUT2D eigenvalue weighted by Gasteiger charge is -2.09. The Morgan fingerprint density at radius 1 is 1.25 bits per heavy atom. The second-order valence-electron chi connectivity index (χ2n) is 6.73. The number of anilines is 1. The summed E-state index contributed by atoms with van der Waals surface area (Å²) in [5, 5.41) is 6.57. The van der Waals surface area contributed by atoms with E-state index in [4.69, 9.17) is 16.3 Å². The van der Waals surface area contributed by atoms with Crippen molar-refractivity contribution in [3.8, 4) is 0 Å². The summed E-state index contributed by atoms with van der Waals surface area (Å²) in [5.41, 5.74) is 1.92. The van der Waals surface area contributed by atoms with Gasteiger partial charge in [0.15, 0.2) is 6.61 Å². The van der Waals surface area contributed by atoms with Crippen molar-refractivity contribution in [3.63, 3.8) is 0 Å². The summed E-state index contributed by atoms with van der Waals surface area (Å²) in [6, 6.07) is 7.13. The zero-order chi connectivity index (χ0) is 20.3. The van der Waals surface area contributed by atoms with Crippen molar-refractivity contribution in [2.75, 3.05) is 11.9 Å². The molecule has 148 valence electrons. The highest BCUT2D eigenvalue weighted by molar-refractivity contribution is 7.16. The Kier molecular flexibility index (Phi) is 6.36. The van der Waals surface area contributed by atoms with Gasteiger partial charge in [-0.2, -0.15) is 0 Å². The molecule has 0 aliphatic heterocycles. The minimum atomic E-state index is -0.620. The lowest BCUT2D eigenvalue weighted by Crippen LogP contribution is -2.28. The predicted molar refractivity (Wildman–Crippen MR) is 109 cm³/mol. The predicted octanol–water partition coefficient (Wildman–Crippen LogP) is 3.84. The molecule has 1 fully saturated rings. The lowest BCUT2D eigenvalue weighted by atomic mass is 10.1. The average molecular weight is 421 g/mol. The van der Waals surface area contributed by atoms with Crippen LogP contribution in [0.5, 0.6) is 0 Å². The number of nitrogens with one attached hydrogen (secondary N) is 2. The summed E-state index contributed by atoms with van der Waals surface area (Å²) in [4.78, 5) is 37.5. The van der Waals surface area contributed by atoms with Gasteiger partial charge in [0.2, 0.25) is 5.91 Å². The Bertz CT molecular complexity index is 921. The molecule has 0 saturated heterocycles. The summed E-state index contributed by atoms with van der Waals surface area (Å²) in [5.74, 6) is -1.08. The highest BCUT2D eigenvalue weighted by Gasteiger charge is 2.31. The molecule has 0 atom stereocenters. The molecule has 28 heavy (non-hydrogen) atoms. The number of hydrogen-bond donors (Lipinski definition) is 2. The maximum atomic E-state index is 12.5. The van der Waals surface area contributed by atoms with Crippen LogP contribution in [0.4, 0.5) is 5.00 Å². The first kappa shape index (κ1) is 20.4. The maximum Gasteiger partial charge on any atom is 0.341 e. The van der Waals surface area contributed by atoms with E-state index in [2.05, 4.69) is 10.6 Å². The van der Waals surface area contributed by atoms with E-state index in [1.54, 1.807) is 25.1 Å². The van der Waals surface area contributed by atoms with Gasteiger partial charge in [-0.15, -0.1) is 11.3 Å². The first-order valence-corrected chi connectivity index (χ1v) is 10.1. The van der Waals surface area contributed by atoms with Crippen LogP contribution in [-0.2, 0) is 20.9 Å². The van der Waals surface area contributed by atoms with E-state index in [1.807, 2.05) is 13.0 Å². The first-order valence-electron chi connectivity index (χ1n) is 8.94. The fourth-order valence-corrected chi connectivity index (χ4v) is 3.89. The molecule has 0 spiro atoms. The van der Waals surface area contributed by atoms with E-state index in [9.17, 15) is 14.4 Å². The number of carbonyl (C=O) groups excluding carboxylic acids is 3. The Hall–Kier alpha value is -2.38. The van der Waals surface area contributed by atoms with E-state index in [0.29, 0.717) is 15.6 Å². The normalized spacial score (nSPS) is 13.1. The van der Waals surface area contributed by atoms with Gasteiger partial charge in [0, 0.05) is 22.4 Å². The number of halogens is 1. The van der Waals surface area contributed by atoms with Gasteiger partial charge in [-0.25, -0.2) is 4.79 Å². The second kappa shape index (κ2) is 8.75. The molecule has 1 aliphatic carbocycles. The summed E-state index contributed by atoms with van der Waals surface area (Å²) in [6.45, 7) is 3.57. The molecule has 2 N–H and O–H groups in total. The van der Waals surface area contributed by atoms with Crippen LogP contribution in [0.2, 0.25) is 5.02 Å². The molecular weight excluding hydrogens is 400 g/mol. The SMILES string of the molecule is Cc1sc(NC(=O)C2CC2)c(C(=O)OCC(=O)NCc2cccc(Cl)c2)c1C. The number of thiophene rings is 1. The molecular formula is C20H21ClN2O4S. The van der Waals surface area contributed by atoms with Crippen LogP contribution >= 0.6 is 22.9 Å². The third-order valence-electron chi connectivity index (χ3n) is 4.49. The maximum absolute atomic E-state index is 12.5. The standard InChI is InChI=1S/C20H21ClN2O4S/c1-11-12(2)28-19(23-18(25)14-6-7-14)17(11)20(26)27-10-16(24)22-9-13-4-3-5-15(21)8-13/h3-5,8,14H,6-7,9-10H2,1-2H3,(H,22,24)(H,23,25). The molecule has 1 heterocycles. The van der Waals surface area contributed by atoms with E-state index in [0.717, 1.165) is 28.8 Å². The van der Waals surface area contributed by atoms with Gasteiger partial charge >= 0.3 is 5.97 Å². The van der Waals surface area contributed by atoms with Crippen LogP contribution in [0.25, 0.3) is 0 Å². The third-order valence-corrected chi connectivity index (χ3v) is 5.85. The quantitative estimate of drug-likeness (QED) is 0.666. The van der Waals surface area contributed by atoms with Crippen LogP contribution in [0.1, 0.15) is 39.2 Å². The molecule has 1 aliphatic rings. The fourth-order valence-electron chi connectivity index (χ4n) is 2.62. The number of rotatable bonds is 7. The van der Waals surface area contributed by atoms with Gasteiger partial charge in [0.25, 0.3) is 5.91 Å². The van der Waals surface area contributed by atoms with Gasteiger partial charge in [-0.1, -0.05) is 23.7 Å². The van der Waals surface area contributed by atoms with E-state index >= 15 is 0 Å². The van der Waals surface area contributed by atoms with Gasteiger partial charge in [0.1, 0.15) is 5.00 Å². The number of hydrogen-bond acceptors (Lipinski definition) is 5. The number of ether oxygens (including phenoxy) is 1. The molecule has 0 unspecified atom stereocenters. The topological polar surface area (TPSA) is 84.5 Å². The van der Waals surface area contributed by atoms with Crippen LogP contribution in [-0.4, -0.2) is 24.4 Å². The van der Waals surface area contributed by atoms with E-state index in [-0.39, 0.29) is 18.4 Å². The highest BCUT2D eigenvalue weighted by atomic mass is 35.5. The summed E-state index contributed by atoms with van der Waals surface area (Å²) in [6.07, 6.45) is 1.75. The van der Waals surface area contributed by atoms with Crippen molar-refractivity contribution in [2.24, 2.45) is 5.92 Å². The third kappa shape index (κ3) is 5.11. The van der Waals surface area contributed by atoms with Crippen LogP contribution in [0.15, 0.2) is 24.3 Å². The summed E-state index contributed by atoms with van der Waals surface area (Å²) < 4.78 is 5.17. The fraction of sp³-hybridized carbons (Fsp3) is 0.350. The monoisotopic (exact) mass is 420 g/mol. The first-order chi connectivity index (χ1) is 13.3. The molecule has 1 aromatic heterocycles. The lowest BCUT2D eigenvalue weighted by molar-refractivity contribution is -0.124. The van der Waals surface area contributed by atoms with Crippen molar-refractivity contribution in [3.05, 3.63) is 50.9 Å². The average Bonchev–Trinajstić information content (AvgIpc) is 3.46. The van der Waals surface area contributed by atoms with Crippen LogP contribution < -0.4 is 10.6 Å². The van der Waals surface area contributed by atoms with Crippen LogP contribution in [0, 0.1) is 19.8 Å². The van der Waals surface area contributed by atoms with Crippen LogP contribution in [0.3, 0.4) is 0 Å². The highest BCUT2D eigenvalue weighted by Crippen LogP contribution is 2.36. The van der Waals surface area contributed by atoms with Crippen molar-refractivity contribution in [2.45, 2.75) is 33.2 Å². The Labute approximate surface area is 172 Å². The number of aryl methyl sites for hydroxylation is 1. The number of carbonyl (C=O) groups is 3. The van der Waals surface area contributed by atoms with Gasteiger partial charge < -0.3 is 15.4 Å². The molecule has 3 rings (SSSR count). The van der Waals surface area contributed by atoms with Crippen molar-refractivity contribution < 1.29 is 19.1 Å². The van der Waals surface area contributed by atoms with Crippen molar-refractivity contribution in [1.29, 1.82) is 0 Å². The van der Waals surface area contributed by atoms with Gasteiger partial charge in [-0.3, -0.25) is 9.59 Å². The molecule has 2 amide bonds. The van der Waals surface area contributed by atoms with E-state index in [1.165, 1.54) is 11.3 Å². The molecule has 0 bridgehead atoms. The van der Waals surface area contributed by atoms with Crippen molar-refractivity contribution >= 4 is 45.7 Å². The molecule has 8 heteroatoms. The Morgan fingerprint density at radius 3 is 2.68 bits per heavy atom. The Balaban J connectivity index is 1.56. The largest absolute Gasteiger partial charge is 0.452 e. The minimum absolute atomic E-state index is 0.0313. The van der Waals surface area contributed by atoms with Crippen molar-refractivity contribution in [1.82, 2.24) is 5.32 Å². The zero-order valence-electron chi connectivity index (χ0n) is 15.6. The molecule has 1 aromatic carbocycles. The summed E-state index contributed by atoms with van der Waals surface area (Å²) >= 11 is 7.25. The second-order valence-corrected chi connectivity index (χ2v) is 8.39. The van der Waals surface area contributed by atoms with Gasteiger partial charge in [-0.05, 0) is 49.9 Å².